The monoisotopic (exact) mass is 430 g/mol. The molecule has 1 aliphatic rings. The molecule has 2 aromatic carbocycles. The second-order valence-electron chi connectivity index (χ2n) is 8.61. The Hall–Kier alpha value is -3.00. The molecule has 4 aromatic rings. The second kappa shape index (κ2) is 9.65. The van der Waals surface area contributed by atoms with E-state index in [2.05, 4.69) is 79.7 Å². The summed E-state index contributed by atoms with van der Waals surface area (Å²) in [6.07, 6.45) is 7.65. The zero-order valence-electron chi connectivity index (χ0n) is 18.3. The lowest BCUT2D eigenvalue weighted by atomic mass is 10.1. The van der Waals surface area contributed by atoms with E-state index in [-0.39, 0.29) is 12.6 Å². The molecule has 1 unspecified atom stereocenters. The summed E-state index contributed by atoms with van der Waals surface area (Å²) < 4.78 is 1.93. The summed E-state index contributed by atoms with van der Waals surface area (Å²) in [5, 5.41) is 19.1. The lowest BCUT2D eigenvalue weighted by Gasteiger charge is -2.40. The summed E-state index contributed by atoms with van der Waals surface area (Å²) in [6, 6.07) is 17.2. The van der Waals surface area contributed by atoms with E-state index in [0.717, 1.165) is 56.8 Å². The van der Waals surface area contributed by atoms with Crippen molar-refractivity contribution in [1.82, 2.24) is 29.5 Å². The highest BCUT2D eigenvalue weighted by atomic mass is 16.3. The molecule has 166 valence electrons. The Balaban J connectivity index is 1.18. The minimum absolute atomic E-state index is 0.204. The maximum absolute atomic E-state index is 10.0. The van der Waals surface area contributed by atoms with Crippen LogP contribution in [0.4, 0.5) is 0 Å². The third kappa shape index (κ3) is 4.60. The van der Waals surface area contributed by atoms with Gasteiger partial charge < -0.3 is 10.1 Å². The number of nitrogens with zero attached hydrogens (tertiary/aromatic N) is 5. The van der Waals surface area contributed by atoms with Gasteiger partial charge >= 0.3 is 0 Å². The van der Waals surface area contributed by atoms with Gasteiger partial charge in [-0.25, -0.2) is 0 Å². The fraction of sp³-hybridized carbons (Fsp3) is 0.360. The van der Waals surface area contributed by atoms with Crippen LogP contribution < -0.4 is 0 Å². The van der Waals surface area contributed by atoms with Gasteiger partial charge in [-0.2, -0.15) is 0 Å². The minimum atomic E-state index is 0.204. The Bertz CT molecular complexity index is 1120. The predicted molar refractivity (Wildman–Crippen MR) is 126 cm³/mol. The van der Waals surface area contributed by atoms with Gasteiger partial charge in [0, 0.05) is 55.0 Å². The van der Waals surface area contributed by atoms with Crippen molar-refractivity contribution >= 4 is 10.9 Å². The molecule has 7 heteroatoms. The molecule has 1 saturated heterocycles. The lowest BCUT2D eigenvalue weighted by molar-refractivity contribution is 0.0361. The Morgan fingerprint density at radius 2 is 1.88 bits per heavy atom. The Morgan fingerprint density at radius 1 is 1.03 bits per heavy atom. The highest BCUT2D eigenvalue weighted by Gasteiger charge is 2.26. The van der Waals surface area contributed by atoms with Crippen LogP contribution in [0.5, 0.6) is 0 Å². The number of aromatic amines is 1. The van der Waals surface area contributed by atoms with Crippen molar-refractivity contribution in [2.45, 2.75) is 25.4 Å². The lowest BCUT2D eigenvalue weighted by Crippen LogP contribution is -2.54. The SMILES string of the molecule is OCC1CN(Cc2ccccc2)CCN1CCCc1c[nH]c2ccc(-n3cnnc3)cc12. The van der Waals surface area contributed by atoms with E-state index in [1.807, 2.05) is 4.57 Å². The summed E-state index contributed by atoms with van der Waals surface area (Å²) in [7, 11) is 0. The third-order valence-electron chi connectivity index (χ3n) is 6.51. The number of aliphatic hydroxyl groups is 1. The molecule has 7 nitrogen and oxygen atoms in total. The molecule has 1 aliphatic heterocycles. The summed E-state index contributed by atoms with van der Waals surface area (Å²) in [5.41, 5.74) is 4.89. The van der Waals surface area contributed by atoms with Crippen molar-refractivity contribution < 1.29 is 5.11 Å². The normalized spacial score (nSPS) is 17.8. The first kappa shape index (κ1) is 20.9. The number of benzene rings is 2. The fourth-order valence-electron chi connectivity index (χ4n) is 4.75. The van der Waals surface area contributed by atoms with Crippen molar-refractivity contribution in [3.8, 4) is 5.69 Å². The third-order valence-corrected chi connectivity index (χ3v) is 6.51. The van der Waals surface area contributed by atoms with Gasteiger partial charge in [-0.05, 0) is 48.7 Å². The van der Waals surface area contributed by atoms with E-state index in [0.29, 0.717) is 0 Å². The number of H-pyrrole nitrogens is 1. The highest BCUT2D eigenvalue weighted by Crippen LogP contribution is 2.23. The molecular weight excluding hydrogens is 400 g/mol. The number of rotatable bonds is 8. The number of aryl methyl sites for hydroxylation is 1. The number of aliphatic hydroxyl groups excluding tert-OH is 1. The smallest absolute Gasteiger partial charge is 0.123 e. The molecule has 0 amide bonds. The first-order valence-corrected chi connectivity index (χ1v) is 11.4. The van der Waals surface area contributed by atoms with Crippen LogP contribution in [-0.4, -0.2) is 73.5 Å². The zero-order valence-corrected chi connectivity index (χ0v) is 18.3. The number of hydrogen-bond donors (Lipinski definition) is 2. The molecule has 1 fully saturated rings. The number of fused-ring (bicyclic) bond motifs is 1. The van der Waals surface area contributed by atoms with Crippen molar-refractivity contribution in [3.05, 3.63) is 78.5 Å². The number of aromatic nitrogens is 4. The van der Waals surface area contributed by atoms with E-state index in [1.165, 1.54) is 16.5 Å². The topological polar surface area (TPSA) is 73.2 Å². The van der Waals surface area contributed by atoms with Crippen LogP contribution in [0.1, 0.15) is 17.5 Å². The largest absolute Gasteiger partial charge is 0.395 e. The second-order valence-corrected chi connectivity index (χ2v) is 8.61. The van der Waals surface area contributed by atoms with Gasteiger partial charge in [-0.3, -0.25) is 14.4 Å². The first-order chi connectivity index (χ1) is 15.8. The fourth-order valence-corrected chi connectivity index (χ4v) is 4.75. The van der Waals surface area contributed by atoms with E-state index in [1.54, 1.807) is 12.7 Å². The van der Waals surface area contributed by atoms with Crippen molar-refractivity contribution in [3.63, 3.8) is 0 Å². The average molecular weight is 431 g/mol. The quantitative estimate of drug-likeness (QED) is 0.450. The van der Waals surface area contributed by atoms with Crippen LogP contribution in [-0.2, 0) is 13.0 Å². The minimum Gasteiger partial charge on any atom is -0.395 e. The Kier molecular flexibility index (Phi) is 6.29. The number of hydrogen-bond acceptors (Lipinski definition) is 5. The summed E-state index contributed by atoms with van der Waals surface area (Å²) in [4.78, 5) is 8.31. The summed E-state index contributed by atoms with van der Waals surface area (Å²) in [6.45, 7) is 5.13. The standard InChI is InChI=1S/C25H30N6O/c32-17-23-16-29(15-20-5-2-1-3-6-20)11-12-30(23)10-4-7-21-14-26-25-9-8-22(13-24(21)25)31-18-27-28-19-31/h1-3,5-6,8-9,13-14,18-19,23,26,32H,4,7,10-12,15-17H2. The first-order valence-electron chi connectivity index (χ1n) is 11.4. The van der Waals surface area contributed by atoms with Crippen molar-refractivity contribution in [2.75, 3.05) is 32.8 Å². The van der Waals surface area contributed by atoms with Crippen LogP contribution in [0, 0.1) is 0 Å². The van der Waals surface area contributed by atoms with E-state index in [9.17, 15) is 5.11 Å². The molecule has 0 spiro atoms. The van der Waals surface area contributed by atoms with Crippen molar-refractivity contribution in [1.29, 1.82) is 0 Å². The van der Waals surface area contributed by atoms with Crippen LogP contribution in [0.25, 0.3) is 16.6 Å². The predicted octanol–water partition coefficient (Wildman–Crippen LogP) is 2.86. The number of nitrogens with one attached hydrogen (secondary N) is 1. The maximum Gasteiger partial charge on any atom is 0.123 e. The molecular formula is C25H30N6O. The molecule has 3 heterocycles. The Morgan fingerprint density at radius 3 is 2.69 bits per heavy atom. The van der Waals surface area contributed by atoms with Gasteiger partial charge in [-0.15, -0.1) is 10.2 Å². The van der Waals surface area contributed by atoms with Crippen LogP contribution >= 0.6 is 0 Å². The van der Waals surface area contributed by atoms with Crippen LogP contribution in [0.15, 0.2) is 67.4 Å². The van der Waals surface area contributed by atoms with E-state index in [4.69, 9.17) is 0 Å². The van der Waals surface area contributed by atoms with Gasteiger partial charge in [0.15, 0.2) is 0 Å². The molecule has 32 heavy (non-hydrogen) atoms. The molecule has 5 rings (SSSR count). The van der Waals surface area contributed by atoms with E-state index >= 15 is 0 Å². The van der Waals surface area contributed by atoms with Gasteiger partial charge in [-0.1, -0.05) is 30.3 Å². The van der Waals surface area contributed by atoms with Gasteiger partial charge in [0.25, 0.3) is 0 Å². The molecule has 1 atom stereocenters. The average Bonchev–Trinajstić information content (AvgIpc) is 3.51. The molecule has 0 bridgehead atoms. The summed E-state index contributed by atoms with van der Waals surface area (Å²) in [5.74, 6) is 0. The van der Waals surface area contributed by atoms with Crippen molar-refractivity contribution in [2.24, 2.45) is 0 Å². The van der Waals surface area contributed by atoms with Gasteiger partial charge in [0.1, 0.15) is 12.7 Å². The Labute approximate surface area is 188 Å². The van der Waals surface area contributed by atoms with Gasteiger partial charge in [0.2, 0.25) is 0 Å². The summed E-state index contributed by atoms with van der Waals surface area (Å²) >= 11 is 0. The highest BCUT2D eigenvalue weighted by molar-refractivity contribution is 5.85. The maximum atomic E-state index is 10.0. The molecule has 0 saturated carbocycles. The zero-order chi connectivity index (χ0) is 21.8. The number of piperazine rings is 1. The van der Waals surface area contributed by atoms with Crippen LogP contribution in [0.3, 0.4) is 0 Å². The molecule has 2 N–H and O–H groups in total. The molecule has 0 radical (unpaired) electrons. The molecule has 0 aliphatic carbocycles. The van der Waals surface area contributed by atoms with Gasteiger partial charge in [0.05, 0.1) is 6.61 Å². The van der Waals surface area contributed by atoms with Crippen LogP contribution in [0.2, 0.25) is 0 Å². The van der Waals surface area contributed by atoms with E-state index < -0.39 is 0 Å². The molecule has 2 aromatic heterocycles.